The summed E-state index contributed by atoms with van der Waals surface area (Å²) in [5.74, 6) is 2.51. The standard InChI is InChI=1S/C19H32O2.C2H7N/c1-18-8-2-3-17(18)19(21)10-6-13-4-5-16(20)12-14(13)11-15(19)7-9-18;1-3-2/h13-17,20-21H,2-12H2,1H3;3H,1-2H3/t13?,14?,15?,16?,17?,18?,19-;/m1./s1. The van der Waals surface area contributed by atoms with Crippen molar-refractivity contribution < 1.29 is 10.2 Å². The fourth-order valence-electron chi connectivity index (χ4n) is 6.88. The van der Waals surface area contributed by atoms with Crippen molar-refractivity contribution in [1.82, 2.24) is 5.32 Å². The Morgan fingerprint density at radius 1 is 0.875 bits per heavy atom. The van der Waals surface area contributed by atoms with Crippen LogP contribution in [0.3, 0.4) is 0 Å². The highest BCUT2D eigenvalue weighted by atomic mass is 16.3. The highest BCUT2D eigenvalue weighted by Gasteiger charge is 2.58. The monoisotopic (exact) mass is 337 g/mol. The van der Waals surface area contributed by atoms with Crippen LogP contribution in [-0.2, 0) is 0 Å². The number of nitrogens with one attached hydrogen (secondary N) is 1. The second-order valence-electron chi connectivity index (χ2n) is 9.59. The third kappa shape index (κ3) is 3.29. The van der Waals surface area contributed by atoms with Crippen molar-refractivity contribution >= 4 is 0 Å². The van der Waals surface area contributed by atoms with Gasteiger partial charge in [-0.3, -0.25) is 0 Å². The minimum absolute atomic E-state index is 0.0715. The average molecular weight is 338 g/mol. The van der Waals surface area contributed by atoms with E-state index in [0.717, 1.165) is 25.2 Å². The summed E-state index contributed by atoms with van der Waals surface area (Å²) in [6.45, 7) is 2.44. The Hall–Kier alpha value is -0.120. The Morgan fingerprint density at radius 2 is 1.62 bits per heavy atom. The fraction of sp³-hybridized carbons (Fsp3) is 1.00. The van der Waals surface area contributed by atoms with Crippen molar-refractivity contribution in [3.8, 4) is 0 Å². The molecule has 0 bridgehead atoms. The molecule has 4 aliphatic carbocycles. The van der Waals surface area contributed by atoms with Crippen molar-refractivity contribution in [1.29, 1.82) is 0 Å². The van der Waals surface area contributed by atoms with E-state index in [1.165, 1.54) is 51.4 Å². The van der Waals surface area contributed by atoms with Gasteiger partial charge in [-0.05, 0) is 107 Å². The minimum Gasteiger partial charge on any atom is -0.393 e. The van der Waals surface area contributed by atoms with E-state index in [9.17, 15) is 10.2 Å². The first-order valence-corrected chi connectivity index (χ1v) is 10.4. The summed E-state index contributed by atoms with van der Waals surface area (Å²) in [6.07, 6.45) is 13.0. The number of aliphatic hydroxyl groups excluding tert-OH is 1. The maximum atomic E-state index is 11.7. The predicted octanol–water partition coefficient (Wildman–Crippen LogP) is 3.73. The average Bonchev–Trinajstić information content (AvgIpc) is 2.87. The largest absolute Gasteiger partial charge is 0.393 e. The van der Waals surface area contributed by atoms with Crippen LogP contribution in [0.25, 0.3) is 0 Å². The molecule has 7 atom stereocenters. The third-order valence-electron chi connectivity index (χ3n) is 8.07. The van der Waals surface area contributed by atoms with E-state index in [1.807, 2.05) is 14.1 Å². The molecule has 0 radical (unpaired) electrons. The van der Waals surface area contributed by atoms with Gasteiger partial charge in [-0.25, -0.2) is 0 Å². The Balaban J connectivity index is 0.000000526. The maximum Gasteiger partial charge on any atom is 0.0709 e. The summed E-state index contributed by atoms with van der Waals surface area (Å²) in [4.78, 5) is 0. The molecule has 140 valence electrons. The molecule has 4 rings (SSSR count). The summed E-state index contributed by atoms with van der Waals surface area (Å²) in [5.41, 5.74) is 0.0338. The molecule has 4 fully saturated rings. The zero-order chi connectivity index (χ0) is 17.4. The molecule has 0 aromatic rings. The molecule has 4 saturated carbocycles. The first-order valence-electron chi connectivity index (χ1n) is 10.4. The van der Waals surface area contributed by atoms with Crippen LogP contribution in [0.4, 0.5) is 0 Å². The molecule has 6 unspecified atom stereocenters. The van der Waals surface area contributed by atoms with Gasteiger partial charge >= 0.3 is 0 Å². The normalized spacial score (nSPS) is 50.6. The second-order valence-corrected chi connectivity index (χ2v) is 9.59. The Bertz CT molecular complexity index is 428. The molecular formula is C21H39NO2. The lowest BCUT2D eigenvalue weighted by Gasteiger charge is -2.52. The number of hydrogen-bond donors (Lipinski definition) is 3. The summed E-state index contributed by atoms with van der Waals surface area (Å²) in [7, 11) is 3.75. The molecule has 3 heteroatoms. The Labute approximate surface area is 148 Å². The third-order valence-corrected chi connectivity index (χ3v) is 8.07. The van der Waals surface area contributed by atoms with E-state index in [0.29, 0.717) is 23.2 Å². The van der Waals surface area contributed by atoms with Crippen LogP contribution < -0.4 is 5.32 Å². The van der Waals surface area contributed by atoms with Gasteiger partial charge in [0.15, 0.2) is 0 Å². The van der Waals surface area contributed by atoms with E-state index >= 15 is 0 Å². The molecule has 0 heterocycles. The van der Waals surface area contributed by atoms with E-state index in [-0.39, 0.29) is 11.7 Å². The maximum absolute atomic E-state index is 11.7. The van der Waals surface area contributed by atoms with Gasteiger partial charge < -0.3 is 15.5 Å². The van der Waals surface area contributed by atoms with Crippen LogP contribution in [0.15, 0.2) is 0 Å². The highest BCUT2D eigenvalue weighted by molar-refractivity contribution is 5.08. The molecule has 0 aromatic heterocycles. The molecule has 0 spiro atoms. The van der Waals surface area contributed by atoms with Gasteiger partial charge in [0.05, 0.1) is 11.7 Å². The van der Waals surface area contributed by atoms with Crippen LogP contribution >= 0.6 is 0 Å². The Kier molecular flexibility index (Phi) is 5.64. The second kappa shape index (κ2) is 7.25. The van der Waals surface area contributed by atoms with Gasteiger partial charge in [-0.15, -0.1) is 0 Å². The quantitative estimate of drug-likeness (QED) is 0.631. The number of hydrogen-bond acceptors (Lipinski definition) is 3. The van der Waals surface area contributed by atoms with Gasteiger partial charge in [0.2, 0.25) is 0 Å². The van der Waals surface area contributed by atoms with E-state index < -0.39 is 0 Å². The summed E-state index contributed by atoms with van der Waals surface area (Å²) in [5, 5.41) is 24.4. The lowest BCUT2D eigenvalue weighted by atomic mass is 9.56. The van der Waals surface area contributed by atoms with Gasteiger partial charge in [0.25, 0.3) is 0 Å². The van der Waals surface area contributed by atoms with Gasteiger partial charge in [-0.2, -0.15) is 0 Å². The summed E-state index contributed by atoms with van der Waals surface area (Å²) >= 11 is 0. The first kappa shape index (κ1) is 18.7. The number of rotatable bonds is 0. The highest BCUT2D eigenvalue weighted by Crippen LogP contribution is 2.61. The van der Waals surface area contributed by atoms with Crippen LogP contribution in [0, 0.1) is 29.1 Å². The molecule has 3 N–H and O–H groups in total. The van der Waals surface area contributed by atoms with Crippen molar-refractivity contribution in [2.75, 3.05) is 14.1 Å². The lowest BCUT2D eigenvalue weighted by Crippen LogP contribution is -2.53. The molecule has 0 aliphatic heterocycles. The van der Waals surface area contributed by atoms with E-state index in [4.69, 9.17) is 0 Å². The molecule has 0 aromatic carbocycles. The minimum atomic E-state index is -0.383. The van der Waals surface area contributed by atoms with Crippen LogP contribution in [0.1, 0.15) is 77.6 Å². The molecule has 4 aliphatic rings. The van der Waals surface area contributed by atoms with Crippen molar-refractivity contribution in [3.05, 3.63) is 0 Å². The predicted molar refractivity (Wildman–Crippen MR) is 98.8 cm³/mol. The summed E-state index contributed by atoms with van der Waals surface area (Å²) in [6, 6.07) is 0. The molecule has 0 saturated heterocycles. The zero-order valence-electron chi connectivity index (χ0n) is 16.1. The molecule has 0 amide bonds. The van der Waals surface area contributed by atoms with Crippen LogP contribution in [0.5, 0.6) is 0 Å². The first-order chi connectivity index (χ1) is 11.4. The van der Waals surface area contributed by atoms with Gasteiger partial charge in [-0.1, -0.05) is 13.3 Å². The lowest BCUT2D eigenvalue weighted by molar-refractivity contribution is -0.140. The van der Waals surface area contributed by atoms with Crippen molar-refractivity contribution in [3.63, 3.8) is 0 Å². The molecular weight excluding hydrogens is 298 g/mol. The SMILES string of the molecule is CC12CCCC1[C@@]1(O)CCC3CCC(O)CC3CC1CC2.CNC. The smallest absolute Gasteiger partial charge is 0.0709 e. The zero-order valence-corrected chi connectivity index (χ0v) is 16.1. The Morgan fingerprint density at radius 3 is 2.38 bits per heavy atom. The van der Waals surface area contributed by atoms with Crippen LogP contribution in [0.2, 0.25) is 0 Å². The van der Waals surface area contributed by atoms with Crippen LogP contribution in [-0.4, -0.2) is 36.0 Å². The van der Waals surface area contributed by atoms with Gasteiger partial charge in [0, 0.05) is 0 Å². The van der Waals surface area contributed by atoms with Crippen molar-refractivity contribution in [2.45, 2.75) is 89.3 Å². The number of aliphatic hydroxyl groups is 2. The molecule has 3 nitrogen and oxygen atoms in total. The van der Waals surface area contributed by atoms with Gasteiger partial charge in [0.1, 0.15) is 0 Å². The van der Waals surface area contributed by atoms with Crippen molar-refractivity contribution in [2.24, 2.45) is 29.1 Å². The van der Waals surface area contributed by atoms with E-state index in [1.54, 1.807) is 0 Å². The number of fused-ring (bicyclic) bond motifs is 4. The topological polar surface area (TPSA) is 52.5 Å². The fourth-order valence-corrected chi connectivity index (χ4v) is 6.88. The van der Waals surface area contributed by atoms with E-state index in [2.05, 4.69) is 12.2 Å². The summed E-state index contributed by atoms with van der Waals surface area (Å²) < 4.78 is 0. The molecule has 24 heavy (non-hydrogen) atoms.